The van der Waals surface area contributed by atoms with Crippen molar-refractivity contribution in [1.29, 1.82) is 5.26 Å². The van der Waals surface area contributed by atoms with Crippen molar-refractivity contribution < 1.29 is 14.3 Å². The Hall–Kier alpha value is -2.98. The topological polar surface area (TPSA) is 92.7 Å². The minimum Gasteiger partial charge on any atom is -0.469 e. The molecule has 7 nitrogen and oxygen atoms in total. The lowest BCUT2D eigenvalue weighted by atomic mass is 10.1. The van der Waals surface area contributed by atoms with Crippen LogP contribution in [0.3, 0.4) is 0 Å². The molecule has 1 aliphatic heterocycles. The number of hydrogen-bond acceptors (Lipinski definition) is 5. The van der Waals surface area contributed by atoms with Gasteiger partial charge in [0, 0.05) is 57.4 Å². The SMILES string of the molecule is N#Cc1ccc(N2CCN(C(=O)NC[C@@H](CO)Cc3ccco3)CC2)cc1. The molecule has 0 aliphatic carbocycles. The fraction of sp³-hybridized carbons (Fsp3) is 0.400. The highest BCUT2D eigenvalue weighted by molar-refractivity contribution is 5.74. The van der Waals surface area contributed by atoms with Gasteiger partial charge < -0.3 is 24.6 Å². The minimum absolute atomic E-state index is 0.00650. The van der Waals surface area contributed by atoms with Gasteiger partial charge in [0.15, 0.2) is 0 Å². The number of nitrogens with zero attached hydrogens (tertiary/aromatic N) is 3. The number of hydrogen-bond donors (Lipinski definition) is 2. The largest absolute Gasteiger partial charge is 0.469 e. The monoisotopic (exact) mass is 368 g/mol. The number of amides is 2. The van der Waals surface area contributed by atoms with E-state index in [2.05, 4.69) is 16.3 Å². The van der Waals surface area contributed by atoms with Gasteiger partial charge >= 0.3 is 6.03 Å². The van der Waals surface area contributed by atoms with Gasteiger partial charge in [-0.25, -0.2) is 4.79 Å². The van der Waals surface area contributed by atoms with Crippen LogP contribution in [0.5, 0.6) is 0 Å². The second-order valence-electron chi connectivity index (χ2n) is 6.65. The van der Waals surface area contributed by atoms with Crippen molar-refractivity contribution in [3.8, 4) is 6.07 Å². The maximum atomic E-state index is 12.4. The predicted molar refractivity (Wildman–Crippen MR) is 101 cm³/mol. The first-order valence-corrected chi connectivity index (χ1v) is 9.10. The van der Waals surface area contributed by atoms with Crippen molar-refractivity contribution in [2.45, 2.75) is 6.42 Å². The Bertz CT molecular complexity index is 760. The molecule has 142 valence electrons. The van der Waals surface area contributed by atoms with Gasteiger partial charge in [0.2, 0.25) is 0 Å². The molecule has 0 saturated carbocycles. The summed E-state index contributed by atoms with van der Waals surface area (Å²) >= 11 is 0. The van der Waals surface area contributed by atoms with E-state index in [9.17, 15) is 9.90 Å². The number of benzene rings is 1. The average Bonchev–Trinajstić information content (AvgIpc) is 3.24. The summed E-state index contributed by atoms with van der Waals surface area (Å²) in [7, 11) is 0. The Morgan fingerprint density at radius 1 is 1.22 bits per heavy atom. The Morgan fingerprint density at radius 2 is 1.96 bits per heavy atom. The first kappa shape index (κ1) is 18.8. The lowest BCUT2D eigenvalue weighted by molar-refractivity contribution is 0.183. The molecule has 1 atom stereocenters. The second-order valence-corrected chi connectivity index (χ2v) is 6.65. The maximum absolute atomic E-state index is 12.4. The molecule has 1 fully saturated rings. The van der Waals surface area contributed by atoms with Gasteiger partial charge in [-0.05, 0) is 36.4 Å². The summed E-state index contributed by atoms with van der Waals surface area (Å²) in [6.45, 7) is 3.16. The van der Waals surface area contributed by atoms with Crippen LogP contribution in [0.15, 0.2) is 47.1 Å². The van der Waals surface area contributed by atoms with Gasteiger partial charge in [0.05, 0.1) is 17.9 Å². The van der Waals surface area contributed by atoms with Crippen molar-refractivity contribution >= 4 is 11.7 Å². The fourth-order valence-corrected chi connectivity index (χ4v) is 3.17. The van der Waals surface area contributed by atoms with Crippen LogP contribution in [-0.4, -0.2) is 55.4 Å². The molecule has 1 saturated heterocycles. The van der Waals surface area contributed by atoms with E-state index in [1.165, 1.54) is 0 Å². The molecule has 0 unspecified atom stereocenters. The highest BCUT2D eigenvalue weighted by Crippen LogP contribution is 2.17. The molecule has 7 heteroatoms. The van der Waals surface area contributed by atoms with Crippen LogP contribution in [0, 0.1) is 17.2 Å². The number of rotatable bonds is 6. The number of anilines is 1. The number of urea groups is 1. The van der Waals surface area contributed by atoms with Crippen molar-refractivity contribution in [2.75, 3.05) is 44.2 Å². The molecule has 3 rings (SSSR count). The third kappa shape index (κ3) is 5.02. The zero-order chi connectivity index (χ0) is 19.1. The zero-order valence-corrected chi connectivity index (χ0v) is 15.2. The molecule has 2 amide bonds. The quantitative estimate of drug-likeness (QED) is 0.812. The van der Waals surface area contributed by atoms with Crippen molar-refractivity contribution in [3.63, 3.8) is 0 Å². The molecular weight excluding hydrogens is 344 g/mol. The molecule has 27 heavy (non-hydrogen) atoms. The Kier molecular flexibility index (Phi) is 6.34. The molecule has 1 aromatic carbocycles. The van der Waals surface area contributed by atoms with E-state index in [0.717, 1.165) is 24.5 Å². The molecule has 2 aromatic rings. The predicted octanol–water partition coefficient (Wildman–Crippen LogP) is 1.83. The number of piperazine rings is 1. The molecule has 0 spiro atoms. The third-order valence-electron chi connectivity index (χ3n) is 4.80. The van der Waals surface area contributed by atoms with E-state index < -0.39 is 0 Å². The zero-order valence-electron chi connectivity index (χ0n) is 15.2. The van der Waals surface area contributed by atoms with Gasteiger partial charge in [-0.3, -0.25) is 0 Å². The third-order valence-corrected chi connectivity index (χ3v) is 4.80. The number of furan rings is 1. The lowest BCUT2D eigenvalue weighted by Crippen LogP contribution is -2.52. The van der Waals surface area contributed by atoms with Crippen LogP contribution in [-0.2, 0) is 6.42 Å². The number of carbonyl (C=O) groups is 1. The summed E-state index contributed by atoms with van der Waals surface area (Å²) in [5.41, 5.74) is 1.71. The average molecular weight is 368 g/mol. The van der Waals surface area contributed by atoms with Crippen LogP contribution in [0.4, 0.5) is 10.5 Å². The van der Waals surface area contributed by atoms with Crippen molar-refractivity contribution in [2.24, 2.45) is 5.92 Å². The normalized spacial score (nSPS) is 15.3. The first-order chi connectivity index (χ1) is 13.2. The van der Waals surface area contributed by atoms with Gasteiger partial charge in [-0.2, -0.15) is 5.26 Å². The van der Waals surface area contributed by atoms with E-state index in [4.69, 9.17) is 9.68 Å². The highest BCUT2D eigenvalue weighted by atomic mass is 16.3. The van der Waals surface area contributed by atoms with Crippen LogP contribution in [0.1, 0.15) is 11.3 Å². The van der Waals surface area contributed by atoms with Crippen LogP contribution in [0.2, 0.25) is 0 Å². The summed E-state index contributed by atoms with van der Waals surface area (Å²) in [5, 5.41) is 21.3. The van der Waals surface area contributed by atoms with E-state index in [1.807, 2.05) is 36.4 Å². The molecule has 2 heterocycles. The van der Waals surface area contributed by atoms with Crippen molar-refractivity contribution in [3.05, 3.63) is 54.0 Å². The number of carbonyl (C=O) groups excluding carboxylic acids is 1. The Morgan fingerprint density at radius 3 is 2.56 bits per heavy atom. The molecule has 0 bridgehead atoms. The summed E-state index contributed by atoms with van der Waals surface area (Å²) < 4.78 is 5.30. The van der Waals surface area contributed by atoms with E-state index >= 15 is 0 Å². The summed E-state index contributed by atoms with van der Waals surface area (Å²) in [6, 6.07) is 13.2. The summed E-state index contributed by atoms with van der Waals surface area (Å²) in [6.07, 6.45) is 2.20. The van der Waals surface area contributed by atoms with E-state index in [1.54, 1.807) is 11.2 Å². The number of aliphatic hydroxyl groups is 1. The smallest absolute Gasteiger partial charge is 0.317 e. The molecule has 1 aromatic heterocycles. The van der Waals surface area contributed by atoms with E-state index in [0.29, 0.717) is 31.6 Å². The Balaban J connectivity index is 1.44. The summed E-state index contributed by atoms with van der Waals surface area (Å²) in [5.74, 6) is 0.736. The van der Waals surface area contributed by atoms with Crippen LogP contribution < -0.4 is 10.2 Å². The number of aliphatic hydroxyl groups excluding tert-OH is 1. The molecule has 0 radical (unpaired) electrons. The fourth-order valence-electron chi connectivity index (χ4n) is 3.17. The highest BCUT2D eigenvalue weighted by Gasteiger charge is 2.22. The maximum Gasteiger partial charge on any atom is 0.317 e. The van der Waals surface area contributed by atoms with Crippen LogP contribution in [0.25, 0.3) is 0 Å². The van der Waals surface area contributed by atoms with Gasteiger partial charge in [-0.1, -0.05) is 0 Å². The summed E-state index contributed by atoms with van der Waals surface area (Å²) in [4.78, 5) is 16.4. The van der Waals surface area contributed by atoms with Gasteiger partial charge in [0.1, 0.15) is 5.76 Å². The minimum atomic E-state index is -0.104. The van der Waals surface area contributed by atoms with Crippen molar-refractivity contribution in [1.82, 2.24) is 10.2 Å². The first-order valence-electron chi connectivity index (χ1n) is 9.10. The Labute approximate surface area is 158 Å². The molecule has 2 N–H and O–H groups in total. The lowest BCUT2D eigenvalue weighted by Gasteiger charge is -2.36. The standard InChI is InChI=1S/C20H24N4O3/c21-13-16-3-5-18(6-4-16)23-7-9-24(10-8-23)20(26)22-14-17(15-25)12-19-2-1-11-27-19/h1-6,11,17,25H,7-10,12,14-15H2,(H,22,26)/t17-/m0/s1. The van der Waals surface area contributed by atoms with E-state index in [-0.39, 0.29) is 18.6 Å². The molecule has 1 aliphatic rings. The second kappa shape index (κ2) is 9.10. The number of nitrogens with one attached hydrogen (secondary N) is 1. The van der Waals surface area contributed by atoms with Crippen LogP contribution >= 0.6 is 0 Å². The van der Waals surface area contributed by atoms with Gasteiger partial charge in [-0.15, -0.1) is 0 Å². The number of nitriles is 1. The van der Waals surface area contributed by atoms with Gasteiger partial charge in [0.25, 0.3) is 0 Å². The molecular formula is C20H24N4O3.